The van der Waals surface area contributed by atoms with Crippen LogP contribution in [0.25, 0.3) is 0 Å². The fourth-order valence-corrected chi connectivity index (χ4v) is 5.36. The normalized spacial score (nSPS) is 22.2. The molecule has 0 spiro atoms. The quantitative estimate of drug-likeness (QED) is 0.700. The van der Waals surface area contributed by atoms with Gasteiger partial charge in [0.1, 0.15) is 5.41 Å². The van der Waals surface area contributed by atoms with Crippen molar-refractivity contribution >= 4 is 17.7 Å². The van der Waals surface area contributed by atoms with Gasteiger partial charge in [-0.25, -0.2) is 0 Å². The lowest BCUT2D eigenvalue weighted by molar-refractivity contribution is -0.149. The van der Waals surface area contributed by atoms with Crippen LogP contribution in [0.3, 0.4) is 0 Å². The molecule has 3 amide bonds. The topological polar surface area (TPSA) is 73.8 Å². The smallest absolute Gasteiger partial charge is 0.253 e. The molecule has 2 saturated heterocycles. The highest BCUT2D eigenvalue weighted by atomic mass is 16.2. The van der Waals surface area contributed by atoms with E-state index in [9.17, 15) is 14.4 Å². The maximum Gasteiger partial charge on any atom is 0.253 e. The third kappa shape index (κ3) is 4.43. The van der Waals surface area contributed by atoms with Crippen LogP contribution in [0.15, 0.2) is 54.7 Å². The Labute approximate surface area is 201 Å². The number of amides is 3. The molecule has 34 heavy (non-hydrogen) atoms. The van der Waals surface area contributed by atoms with E-state index in [4.69, 9.17) is 0 Å². The molecule has 1 atom stereocenters. The Balaban J connectivity index is 1.50. The zero-order valence-corrected chi connectivity index (χ0v) is 20.4. The number of carbonyl (C=O) groups excluding carboxylic acids is 3. The van der Waals surface area contributed by atoms with Crippen molar-refractivity contribution in [1.29, 1.82) is 0 Å². The second-order valence-corrected chi connectivity index (χ2v) is 10.0. The predicted molar refractivity (Wildman–Crippen MR) is 130 cm³/mol. The van der Waals surface area contributed by atoms with Gasteiger partial charge >= 0.3 is 0 Å². The Kier molecular flexibility index (Phi) is 6.73. The van der Waals surface area contributed by atoms with E-state index in [1.54, 1.807) is 25.2 Å². The van der Waals surface area contributed by atoms with Gasteiger partial charge in [0.25, 0.3) is 5.91 Å². The molecular weight excluding hydrogens is 428 g/mol. The van der Waals surface area contributed by atoms with Gasteiger partial charge in [-0.2, -0.15) is 0 Å². The second-order valence-electron chi connectivity index (χ2n) is 10.0. The molecule has 1 aromatic heterocycles. The van der Waals surface area contributed by atoms with Crippen molar-refractivity contribution in [2.45, 2.75) is 38.0 Å². The van der Waals surface area contributed by atoms with Gasteiger partial charge in [-0.15, -0.1) is 0 Å². The van der Waals surface area contributed by atoms with E-state index in [0.717, 1.165) is 12.1 Å². The molecule has 3 heterocycles. The summed E-state index contributed by atoms with van der Waals surface area (Å²) in [5, 5.41) is 0. The number of likely N-dealkylation sites (N-methyl/N-ethyl adjacent to an activating group) is 1. The molecule has 2 fully saturated rings. The van der Waals surface area contributed by atoms with E-state index in [2.05, 4.69) is 4.98 Å². The maximum atomic E-state index is 13.8. The Bertz CT molecular complexity index is 1030. The number of aromatic nitrogens is 1. The average molecular weight is 463 g/mol. The van der Waals surface area contributed by atoms with E-state index in [0.29, 0.717) is 51.0 Å². The number of nitrogens with zero attached hydrogens (tertiary/aromatic N) is 4. The molecule has 0 radical (unpaired) electrons. The van der Waals surface area contributed by atoms with Crippen molar-refractivity contribution in [3.8, 4) is 0 Å². The summed E-state index contributed by atoms with van der Waals surface area (Å²) in [6, 6.07) is 14.9. The van der Waals surface area contributed by atoms with Crippen LogP contribution < -0.4 is 0 Å². The standard InChI is InChI=1S/C27H34N4O3/c1-26(14-18-30(19-15-26)23(32)21-10-5-4-6-11-21)24(33)31-17-9-13-27(20-31,25(34)29(2)3)22-12-7-8-16-28-22/h4-8,10-12,16H,9,13-15,17-20H2,1-3H3. The van der Waals surface area contributed by atoms with Crippen LogP contribution in [0, 0.1) is 5.41 Å². The lowest BCUT2D eigenvalue weighted by Crippen LogP contribution is -2.59. The Hall–Kier alpha value is -3.22. The van der Waals surface area contributed by atoms with Crippen molar-refractivity contribution in [2.75, 3.05) is 40.3 Å². The van der Waals surface area contributed by atoms with Crippen LogP contribution in [0.5, 0.6) is 0 Å². The maximum absolute atomic E-state index is 13.8. The summed E-state index contributed by atoms with van der Waals surface area (Å²) >= 11 is 0. The molecular formula is C27H34N4O3. The van der Waals surface area contributed by atoms with Gasteiger partial charge in [-0.3, -0.25) is 19.4 Å². The first-order valence-electron chi connectivity index (χ1n) is 12.0. The fourth-order valence-electron chi connectivity index (χ4n) is 5.36. The molecule has 2 aliphatic rings. The first-order valence-corrected chi connectivity index (χ1v) is 12.0. The first kappa shape index (κ1) is 23.9. The first-order chi connectivity index (χ1) is 16.3. The highest BCUT2D eigenvalue weighted by Gasteiger charge is 2.49. The van der Waals surface area contributed by atoms with Gasteiger partial charge in [0.05, 0.1) is 5.69 Å². The van der Waals surface area contributed by atoms with Gasteiger partial charge in [0.2, 0.25) is 11.8 Å². The van der Waals surface area contributed by atoms with E-state index in [-0.39, 0.29) is 17.7 Å². The fraction of sp³-hybridized carbons (Fsp3) is 0.481. The Morgan fingerprint density at radius 2 is 1.56 bits per heavy atom. The molecule has 1 aromatic carbocycles. The van der Waals surface area contributed by atoms with Crippen molar-refractivity contribution in [3.05, 3.63) is 66.0 Å². The summed E-state index contributed by atoms with van der Waals surface area (Å²) in [5.41, 5.74) is 0.0105. The minimum atomic E-state index is -0.834. The summed E-state index contributed by atoms with van der Waals surface area (Å²) in [6.07, 6.45) is 4.34. The zero-order valence-electron chi connectivity index (χ0n) is 20.4. The summed E-state index contributed by atoms with van der Waals surface area (Å²) in [6.45, 7) is 4.07. The van der Waals surface area contributed by atoms with E-state index in [1.807, 2.05) is 65.3 Å². The third-order valence-corrected chi connectivity index (χ3v) is 7.44. The van der Waals surface area contributed by atoms with Crippen molar-refractivity contribution in [3.63, 3.8) is 0 Å². The molecule has 7 nitrogen and oxygen atoms in total. The highest BCUT2D eigenvalue weighted by Crippen LogP contribution is 2.39. The molecule has 0 N–H and O–H groups in total. The molecule has 0 bridgehead atoms. The average Bonchev–Trinajstić information content (AvgIpc) is 2.88. The number of hydrogen-bond donors (Lipinski definition) is 0. The molecule has 0 aliphatic carbocycles. The van der Waals surface area contributed by atoms with Crippen molar-refractivity contribution < 1.29 is 14.4 Å². The van der Waals surface area contributed by atoms with Crippen LogP contribution in [0.4, 0.5) is 0 Å². The van der Waals surface area contributed by atoms with Gasteiger partial charge in [0, 0.05) is 57.4 Å². The Morgan fingerprint density at radius 1 is 0.882 bits per heavy atom. The molecule has 4 rings (SSSR count). The molecule has 2 aliphatic heterocycles. The number of pyridine rings is 1. The minimum absolute atomic E-state index is 0.0128. The Morgan fingerprint density at radius 3 is 2.18 bits per heavy atom. The lowest BCUT2D eigenvalue weighted by Gasteiger charge is -2.46. The van der Waals surface area contributed by atoms with Crippen molar-refractivity contribution in [2.24, 2.45) is 5.41 Å². The van der Waals surface area contributed by atoms with Crippen LogP contribution in [-0.4, -0.2) is 77.7 Å². The molecule has 1 unspecified atom stereocenters. The predicted octanol–water partition coefficient (Wildman–Crippen LogP) is 2.97. The van der Waals surface area contributed by atoms with E-state index in [1.165, 1.54) is 0 Å². The third-order valence-electron chi connectivity index (χ3n) is 7.44. The van der Waals surface area contributed by atoms with Crippen LogP contribution in [-0.2, 0) is 15.0 Å². The van der Waals surface area contributed by atoms with Crippen LogP contribution >= 0.6 is 0 Å². The molecule has 7 heteroatoms. The summed E-state index contributed by atoms with van der Waals surface area (Å²) < 4.78 is 0. The highest BCUT2D eigenvalue weighted by molar-refractivity contribution is 5.94. The van der Waals surface area contributed by atoms with E-state index < -0.39 is 10.8 Å². The van der Waals surface area contributed by atoms with E-state index >= 15 is 0 Å². The number of rotatable bonds is 4. The number of carbonyl (C=O) groups is 3. The minimum Gasteiger partial charge on any atom is -0.348 e. The van der Waals surface area contributed by atoms with Crippen LogP contribution in [0.1, 0.15) is 48.7 Å². The summed E-state index contributed by atoms with van der Waals surface area (Å²) in [5.74, 6) is 0.0711. The second kappa shape index (κ2) is 9.57. The lowest BCUT2D eigenvalue weighted by atomic mass is 9.73. The number of likely N-dealkylation sites (tertiary alicyclic amines) is 2. The summed E-state index contributed by atoms with van der Waals surface area (Å²) in [7, 11) is 3.52. The largest absolute Gasteiger partial charge is 0.348 e. The van der Waals surface area contributed by atoms with Gasteiger partial charge < -0.3 is 14.7 Å². The SMILES string of the molecule is CN(C)C(=O)C1(c2ccccn2)CCCN(C(=O)C2(C)CCN(C(=O)c3ccccc3)CC2)C1. The van der Waals surface area contributed by atoms with Gasteiger partial charge in [0.15, 0.2) is 0 Å². The number of benzene rings is 1. The summed E-state index contributed by atoms with van der Waals surface area (Å²) in [4.78, 5) is 49.9. The molecule has 2 aromatic rings. The van der Waals surface area contributed by atoms with Crippen LogP contribution in [0.2, 0.25) is 0 Å². The number of piperidine rings is 2. The van der Waals surface area contributed by atoms with Gasteiger partial charge in [-0.1, -0.05) is 31.2 Å². The van der Waals surface area contributed by atoms with Gasteiger partial charge in [-0.05, 0) is 49.9 Å². The molecule has 0 saturated carbocycles. The number of hydrogen-bond acceptors (Lipinski definition) is 4. The zero-order chi connectivity index (χ0) is 24.3. The van der Waals surface area contributed by atoms with Crippen molar-refractivity contribution in [1.82, 2.24) is 19.7 Å². The molecule has 180 valence electrons. The monoisotopic (exact) mass is 462 g/mol.